The fourth-order valence-electron chi connectivity index (χ4n) is 3.72. The molecule has 5 rings (SSSR count). The van der Waals surface area contributed by atoms with Crippen LogP contribution in [0.4, 0.5) is 5.69 Å². The Morgan fingerprint density at radius 2 is 2.03 bits per heavy atom. The Morgan fingerprint density at radius 3 is 2.97 bits per heavy atom. The SMILES string of the molecule is O=C(Nc1ccc(Cl)c(-c2nnc3n2CCCCC3)c1)c1ccc2nccn2c1. The number of benzene rings is 1. The molecular weight excluding hydrogens is 388 g/mol. The average Bonchev–Trinajstić information content (AvgIpc) is 3.29. The van der Waals surface area contributed by atoms with Gasteiger partial charge in [-0.05, 0) is 43.2 Å². The van der Waals surface area contributed by atoms with E-state index in [4.69, 9.17) is 11.6 Å². The van der Waals surface area contributed by atoms with Gasteiger partial charge >= 0.3 is 0 Å². The zero-order chi connectivity index (χ0) is 19.8. The summed E-state index contributed by atoms with van der Waals surface area (Å²) in [5.41, 5.74) is 2.77. The van der Waals surface area contributed by atoms with Crippen LogP contribution >= 0.6 is 11.6 Å². The molecular formula is C21H19ClN6O. The number of aryl methyl sites for hydroxylation is 1. The van der Waals surface area contributed by atoms with E-state index in [0.29, 0.717) is 16.3 Å². The van der Waals surface area contributed by atoms with Crippen molar-refractivity contribution in [2.75, 3.05) is 5.32 Å². The summed E-state index contributed by atoms with van der Waals surface area (Å²) in [5.74, 6) is 1.55. The minimum Gasteiger partial charge on any atom is -0.322 e. The van der Waals surface area contributed by atoms with Gasteiger partial charge in [0.25, 0.3) is 5.91 Å². The molecule has 1 aliphatic rings. The smallest absolute Gasteiger partial charge is 0.257 e. The molecule has 29 heavy (non-hydrogen) atoms. The average molecular weight is 407 g/mol. The number of hydrogen-bond donors (Lipinski definition) is 1. The van der Waals surface area contributed by atoms with Crippen molar-refractivity contribution in [1.82, 2.24) is 24.1 Å². The summed E-state index contributed by atoms with van der Waals surface area (Å²) in [7, 11) is 0. The number of rotatable bonds is 3. The van der Waals surface area contributed by atoms with Gasteiger partial charge in [-0.15, -0.1) is 10.2 Å². The number of amides is 1. The van der Waals surface area contributed by atoms with E-state index in [1.54, 1.807) is 30.6 Å². The summed E-state index contributed by atoms with van der Waals surface area (Å²) in [6.45, 7) is 0.884. The molecule has 8 heteroatoms. The summed E-state index contributed by atoms with van der Waals surface area (Å²) in [4.78, 5) is 16.9. The molecule has 1 aromatic carbocycles. The van der Waals surface area contributed by atoms with Gasteiger partial charge in [0.2, 0.25) is 0 Å². The molecule has 0 radical (unpaired) electrons. The quantitative estimate of drug-likeness (QED) is 0.552. The van der Waals surface area contributed by atoms with E-state index in [2.05, 4.69) is 25.1 Å². The number of hydrogen-bond acceptors (Lipinski definition) is 4. The van der Waals surface area contributed by atoms with Crippen LogP contribution in [0.15, 0.2) is 48.9 Å². The monoisotopic (exact) mass is 406 g/mol. The lowest BCUT2D eigenvalue weighted by atomic mass is 10.1. The molecule has 0 spiro atoms. The van der Waals surface area contributed by atoms with E-state index < -0.39 is 0 Å². The Morgan fingerprint density at radius 1 is 1.10 bits per heavy atom. The predicted octanol–water partition coefficient (Wildman–Crippen LogP) is 4.22. The van der Waals surface area contributed by atoms with Gasteiger partial charge in [-0.25, -0.2) is 4.98 Å². The lowest BCUT2D eigenvalue weighted by molar-refractivity contribution is 0.102. The molecule has 4 heterocycles. The van der Waals surface area contributed by atoms with Crippen LogP contribution in [-0.4, -0.2) is 30.1 Å². The number of aromatic nitrogens is 5. The van der Waals surface area contributed by atoms with Crippen LogP contribution in [-0.2, 0) is 13.0 Å². The van der Waals surface area contributed by atoms with Crippen molar-refractivity contribution in [1.29, 1.82) is 0 Å². The number of anilines is 1. The highest BCUT2D eigenvalue weighted by atomic mass is 35.5. The molecule has 1 amide bonds. The van der Waals surface area contributed by atoms with Gasteiger partial charge in [0.15, 0.2) is 5.82 Å². The van der Waals surface area contributed by atoms with Gasteiger partial charge in [-0.3, -0.25) is 4.79 Å². The van der Waals surface area contributed by atoms with E-state index in [-0.39, 0.29) is 5.91 Å². The van der Waals surface area contributed by atoms with Gasteiger partial charge in [0.05, 0.1) is 10.6 Å². The molecule has 0 bridgehead atoms. The summed E-state index contributed by atoms with van der Waals surface area (Å²) in [6.07, 6.45) is 9.61. The summed E-state index contributed by atoms with van der Waals surface area (Å²) in [5, 5.41) is 12.3. The zero-order valence-electron chi connectivity index (χ0n) is 15.7. The number of halogens is 1. The molecule has 0 aliphatic carbocycles. The Kier molecular flexibility index (Phi) is 4.52. The molecule has 0 saturated carbocycles. The van der Waals surface area contributed by atoms with Crippen LogP contribution in [0.5, 0.6) is 0 Å². The summed E-state index contributed by atoms with van der Waals surface area (Å²) < 4.78 is 3.96. The van der Waals surface area contributed by atoms with Crippen molar-refractivity contribution in [2.24, 2.45) is 0 Å². The highest BCUT2D eigenvalue weighted by molar-refractivity contribution is 6.33. The fraction of sp³-hybridized carbons (Fsp3) is 0.238. The first-order valence-electron chi connectivity index (χ1n) is 9.65. The zero-order valence-corrected chi connectivity index (χ0v) is 16.4. The van der Waals surface area contributed by atoms with Crippen molar-refractivity contribution >= 4 is 28.8 Å². The maximum absolute atomic E-state index is 12.7. The second-order valence-electron chi connectivity index (χ2n) is 7.16. The van der Waals surface area contributed by atoms with E-state index in [9.17, 15) is 4.79 Å². The summed E-state index contributed by atoms with van der Waals surface area (Å²) in [6, 6.07) is 9.00. The van der Waals surface area contributed by atoms with Gasteiger partial charge in [0, 0.05) is 42.8 Å². The molecule has 3 aromatic heterocycles. The number of fused-ring (bicyclic) bond motifs is 2. The molecule has 0 unspecified atom stereocenters. The minimum absolute atomic E-state index is 0.200. The van der Waals surface area contributed by atoms with Crippen molar-refractivity contribution in [3.63, 3.8) is 0 Å². The fourth-order valence-corrected chi connectivity index (χ4v) is 3.92. The van der Waals surface area contributed by atoms with Crippen LogP contribution in [0.25, 0.3) is 17.0 Å². The molecule has 0 saturated heterocycles. The van der Waals surface area contributed by atoms with Crippen LogP contribution in [0.2, 0.25) is 5.02 Å². The molecule has 4 aromatic rings. The third kappa shape index (κ3) is 3.38. The second-order valence-corrected chi connectivity index (χ2v) is 7.57. The lowest BCUT2D eigenvalue weighted by Crippen LogP contribution is -2.12. The second kappa shape index (κ2) is 7.33. The minimum atomic E-state index is -0.200. The van der Waals surface area contributed by atoms with Crippen molar-refractivity contribution < 1.29 is 4.79 Å². The van der Waals surface area contributed by atoms with Crippen molar-refractivity contribution in [2.45, 2.75) is 32.2 Å². The number of nitrogens with zero attached hydrogens (tertiary/aromatic N) is 5. The van der Waals surface area contributed by atoms with E-state index in [1.807, 2.05) is 22.7 Å². The van der Waals surface area contributed by atoms with Gasteiger partial charge in [-0.1, -0.05) is 18.0 Å². The van der Waals surface area contributed by atoms with Gasteiger partial charge < -0.3 is 14.3 Å². The largest absolute Gasteiger partial charge is 0.322 e. The molecule has 0 atom stereocenters. The third-order valence-corrected chi connectivity index (χ3v) is 5.56. The van der Waals surface area contributed by atoms with Crippen LogP contribution in [0, 0.1) is 0 Å². The highest BCUT2D eigenvalue weighted by Gasteiger charge is 2.19. The first-order chi connectivity index (χ1) is 14.2. The van der Waals surface area contributed by atoms with Gasteiger partial charge in [0.1, 0.15) is 11.5 Å². The molecule has 7 nitrogen and oxygen atoms in total. The number of carbonyl (C=O) groups excluding carboxylic acids is 1. The Labute approximate surface area is 172 Å². The lowest BCUT2D eigenvalue weighted by Gasteiger charge is -2.11. The molecule has 0 fully saturated rings. The Bertz CT molecular complexity index is 1210. The number of pyridine rings is 1. The standard InChI is InChI=1S/C21H19ClN6O/c22-17-7-6-15(24-21(29)14-5-8-18-23-9-11-27(18)13-14)12-16(17)20-26-25-19-4-2-1-3-10-28(19)20/h5-9,11-13H,1-4,10H2,(H,24,29). The molecule has 1 N–H and O–H groups in total. The Hall–Kier alpha value is -3.19. The third-order valence-electron chi connectivity index (χ3n) is 5.23. The normalized spacial score (nSPS) is 13.8. The Balaban J connectivity index is 1.45. The maximum Gasteiger partial charge on any atom is 0.257 e. The number of carbonyl (C=O) groups is 1. The van der Waals surface area contributed by atoms with Crippen LogP contribution in [0.1, 0.15) is 35.4 Å². The first kappa shape index (κ1) is 17.9. The van der Waals surface area contributed by atoms with E-state index >= 15 is 0 Å². The molecule has 1 aliphatic heterocycles. The number of nitrogens with one attached hydrogen (secondary N) is 1. The predicted molar refractivity (Wildman–Crippen MR) is 111 cm³/mol. The van der Waals surface area contributed by atoms with E-state index in [1.165, 1.54) is 6.42 Å². The highest BCUT2D eigenvalue weighted by Crippen LogP contribution is 2.31. The van der Waals surface area contributed by atoms with Crippen LogP contribution < -0.4 is 5.32 Å². The molecule has 146 valence electrons. The summed E-state index contributed by atoms with van der Waals surface area (Å²) >= 11 is 6.47. The maximum atomic E-state index is 12.7. The van der Waals surface area contributed by atoms with Crippen molar-refractivity contribution in [3.8, 4) is 11.4 Å². The van der Waals surface area contributed by atoms with Crippen molar-refractivity contribution in [3.05, 3.63) is 65.3 Å². The van der Waals surface area contributed by atoms with Crippen LogP contribution in [0.3, 0.4) is 0 Å². The topological polar surface area (TPSA) is 77.1 Å². The first-order valence-corrected chi connectivity index (χ1v) is 10.0. The van der Waals surface area contributed by atoms with Gasteiger partial charge in [-0.2, -0.15) is 0 Å². The van der Waals surface area contributed by atoms with E-state index in [0.717, 1.165) is 48.7 Å². The number of imidazole rings is 1.